The first-order valence-electron chi connectivity index (χ1n) is 5.53. The van der Waals surface area contributed by atoms with E-state index in [0.717, 1.165) is 18.0 Å². The van der Waals surface area contributed by atoms with E-state index < -0.39 is 5.41 Å². The highest BCUT2D eigenvalue weighted by atomic mass is 32.2. The second kappa shape index (κ2) is 4.64. The quantitative estimate of drug-likeness (QED) is 0.584. The zero-order valence-corrected chi connectivity index (χ0v) is 11.0. The minimum atomic E-state index is -0.528. The molecule has 1 aliphatic rings. The molecule has 7 heteroatoms. The Morgan fingerprint density at radius 3 is 2.88 bits per heavy atom. The topological polar surface area (TPSA) is 69.9 Å². The maximum atomic E-state index is 11.5. The normalized spacial score (nSPS) is 15.9. The van der Waals surface area contributed by atoms with E-state index in [-0.39, 0.29) is 5.97 Å². The van der Waals surface area contributed by atoms with E-state index in [4.69, 9.17) is 4.74 Å². The van der Waals surface area contributed by atoms with Crippen molar-refractivity contribution >= 4 is 17.7 Å². The molecule has 0 bridgehead atoms. The van der Waals surface area contributed by atoms with Crippen molar-refractivity contribution < 1.29 is 9.53 Å². The Labute approximate surface area is 104 Å². The molecule has 0 unspecified atom stereocenters. The summed E-state index contributed by atoms with van der Waals surface area (Å²) in [7, 11) is 1.41. The number of aromatic nitrogens is 4. The van der Waals surface area contributed by atoms with Gasteiger partial charge in [-0.15, -0.1) is 5.10 Å². The molecular formula is C10H16N4O2S. The molecule has 17 heavy (non-hydrogen) atoms. The zero-order valence-electron chi connectivity index (χ0n) is 10.2. The summed E-state index contributed by atoms with van der Waals surface area (Å²) in [6.07, 6.45) is 2.28. The molecule has 1 fully saturated rings. The van der Waals surface area contributed by atoms with E-state index in [1.165, 1.54) is 18.9 Å². The average Bonchev–Trinajstić information content (AvgIpc) is 3.04. The molecule has 1 saturated carbocycles. The third kappa shape index (κ3) is 2.77. The van der Waals surface area contributed by atoms with Gasteiger partial charge in [-0.25, -0.2) is 4.68 Å². The van der Waals surface area contributed by atoms with Crippen LogP contribution < -0.4 is 0 Å². The molecule has 0 saturated heterocycles. The Kier molecular flexibility index (Phi) is 3.37. The molecule has 0 amide bonds. The molecule has 1 aromatic heterocycles. The number of carbonyl (C=O) groups excluding carboxylic acids is 1. The van der Waals surface area contributed by atoms with Gasteiger partial charge in [0.2, 0.25) is 5.16 Å². The number of ether oxygens (including phenoxy) is 1. The van der Waals surface area contributed by atoms with E-state index in [0.29, 0.717) is 11.8 Å². The van der Waals surface area contributed by atoms with Crippen LogP contribution in [0.2, 0.25) is 0 Å². The molecule has 0 atom stereocenters. The smallest absolute Gasteiger partial charge is 0.312 e. The fourth-order valence-corrected chi connectivity index (χ4v) is 2.43. The maximum absolute atomic E-state index is 11.5. The SMILES string of the molecule is COC(=O)C(C)(C)CSc1nnnn1C1CC1. The molecule has 0 aromatic carbocycles. The first-order chi connectivity index (χ1) is 8.04. The number of nitrogens with zero attached hydrogens (tertiary/aromatic N) is 4. The Balaban J connectivity index is 1.97. The largest absolute Gasteiger partial charge is 0.469 e. The average molecular weight is 256 g/mol. The number of methoxy groups -OCH3 is 1. The highest BCUT2D eigenvalue weighted by molar-refractivity contribution is 7.99. The molecular weight excluding hydrogens is 240 g/mol. The number of tetrazole rings is 1. The van der Waals surface area contributed by atoms with E-state index in [9.17, 15) is 4.79 Å². The van der Waals surface area contributed by atoms with Crippen LogP contribution in [0, 0.1) is 5.41 Å². The van der Waals surface area contributed by atoms with Crippen molar-refractivity contribution in [2.45, 2.75) is 37.9 Å². The monoisotopic (exact) mass is 256 g/mol. The number of rotatable bonds is 5. The summed E-state index contributed by atoms with van der Waals surface area (Å²) in [5, 5.41) is 12.4. The Hall–Kier alpha value is -1.11. The van der Waals surface area contributed by atoms with Gasteiger partial charge in [-0.1, -0.05) is 11.8 Å². The molecule has 0 N–H and O–H groups in total. The number of carbonyl (C=O) groups is 1. The van der Waals surface area contributed by atoms with Crippen molar-refractivity contribution in [3.63, 3.8) is 0 Å². The van der Waals surface area contributed by atoms with Crippen LogP contribution in [0.25, 0.3) is 0 Å². The molecule has 0 aliphatic heterocycles. The van der Waals surface area contributed by atoms with Gasteiger partial charge >= 0.3 is 5.97 Å². The van der Waals surface area contributed by atoms with E-state index in [1.54, 1.807) is 0 Å². The van der Waals surface area contributed by atoms with Crippen LogP contribution in [0.15, 0.2) is 5.16 Å². The molecule has 0 radical (unpaired) electrons. The van der Waals surface area contributed by atoms with Crippen LogP contribution in [0.5, 0.6) is 0 Å². The predicted molar refractivity (Wildman–Crippen MR) is 62.6 cm³/mol. The second-order valence-corrected chi connectivity index (χ2v) is 5.74. The highest BCUT2D eigenvalue weighted by Crippen LogP contribution is 2.37. The van der Waals surface area contributed by atoms with Crippen molar-refractivity contribution in [1.29, 1.82) is 0 Å². The number of thioether (sulfide) groups is 1. The van der Waals surface area contributed by atoms with Crippen LogP contribution in [0.4, 0.5) is 0 Å². The highest BCUT2D eigenvalue weighted by Gasteiger charge is 2.32. The van der Waals surface area contributed by atoms with E-state index in [2.05, 4.69) is 15.5 Å². The zero-order chi connectivity index (χ0) is 12.5. The van der Waals surface area contributed by atoms with Crippen LogP contribution in [-0.4, -0.2) is 39.0 Å². The lowest BCUT2D eigenvalue weighted by atomic mass is 9.97. The minimum Gasteiger partial charge on any atom is -0.469 e. The summed E-state index contributed by atoms with van der Waals surface area (Å²) >= 11 is 1.50. The van der Waals surface area contributed by atoms with Gasteiger partial charge in [-0.2, -0.15) is 0 Å². The van der Waals surface area contributed by atoms with E-state index in [1.807, 2.05) is 18.5 Å². The Bertz CT molecular complexity index is 414. The minimum absolute atomic E-state index is 0.213. The van der Waals surface area contributed by atoms with Gasteiger partial charge in [0.1, 0.15) is 0 Å². The summed E-state index contributed by atoms with van der Waals surface area (Å²) in [5.74, 6) is 0.391. The molecule has 6 nitrogen and oxygen atoms in total. The fourth-order valence-electron chi connectivity index (χ4n) is 1.41. The Morgan fingerprint density at radius 1 is 1.59 bits per heavy atom. The summed E-state index contributed by atoms with van der Waals surface area (Å²) in [6.45, 7) is 3.72. The van der Waals surface area contributed by atoms with Gasteiger partial charge in [-0.05, 0) is 37.1 Å². The number of esters is 1. The maximum Gasteiger partial charge on any atom is 0.312 e. The van der Waals surface area contributed by atoms with Gasteiger partial charge < -0.3 is 4.74 Å². The van der Waals surface area contributed by atoms with Crippen molar-refractivity contribution in [3.8, 4) is 0 Å². The standard InChI is InChI=1S/C10H16N4O2S/c1-10(2,8(15)16-3)6-17-9-11-12-13-14(9)7-4-5-7/h7H,4-6H2,1-3H3. The predicted octanol–water partition coefficient (Wildman–Crippen LogP) is 1.30. The van der Waals surface area contributed by atoms with Gasteiger partial charge in [0.15, 0.2) is 0 Å². The van der Waals surface area contributed by atoms with Gasteiger partial charge in [0.05, 0.1) is 18.6 Å². The summed E-state index contributed by atoms with van der Waals surface area (Å²) in [4.78, 5) is 11.5. The lowest BCUT2D eigenvalue weighted by Crippen LogP contribution is -2.28. The molecule has 1 aliphatic carbocycles. The van der Waals surface area contributed by atoms with Crippen LogP contribution >= 0.6 is 11.8 Å². The van der Waals surface area contributed by atoms with Gasteiger partial charge in [0.25, 0.3) is 0 Å². The Morgan fingerprint density at radius 2 is 2.29 bits per heavy atom. The molecule has 94 valence electrons. The second-order valence-electron chi connectivity index (χ2n) is 4.80. The van der Waals surface area contributed by atoms with Crippen LogP contribution in [0.1, 0.15) is 32.7 Å². The molecule has 0 spiro atoms. The number of hydrogen-bond acceptors (Lipinski definition) is 6. The van der Waals surface area contributed by atoms with E-state index >= 15 is 0 Å². The molecule has 2 rings (SSSR count). The van der Waals surface area contributed by atoms with Crippen molar-refractivity contribution in [2.24, 2.45) is 5.41 Å². The molecule has 1 heterocycles. The summed E-state index contributed by atoms with van der Waals surface area (Å²) < 4.78 is 6.61. The van der Waals surface area contributed by atoms with Crippen LogP contribution in [-0.2, 0) is 9.53 Å². The lowest BCUT2D eigenvalue weighted by Gasteiger charge is -2.20. The van der Waals surface area contributed by atoms with Crippen molar-refractivity contribution in [2.75, 3.05) is 12.9 Å². The van der Waals surface area contributed by atoms with Crippen molar-refractivity contribution in [1.82, 2.24) is 20.2 Å². The van der Waals surface area contributed by atoms with Gasteiger partial charge in [0, 0.05) is 5.75 Å². The summed E-state index contributed by atoms with van der Waals surface area (Å²) in [5.41, 5.74) is -0.528. The first kappa shape index (κ1) is 12.3. The van der Waals surface area contributed by atoms with Gasteiger partial charge in [-0.3, -0.25) is 4.79 Å². The first-order valence-corrected chi connectivity index (χ1v) is 6.52. The third-order valence-corrected chi connectivity index (χ3v) is 4.05. The van der Waals surface area contributed by atoms with Crippen molar-refractivity contribution in [3.05, 3.63) is 0 Å². The third-order valence-electron chi connectivity index (χ3n) is 2.66. The van der Waals surface area contributed by atoms with Crippen LogP contribution in [0.3, 0.4) is 0 Å². The molecule has 1 aromatic rings. The lowest BCUT2D eigenvalue weighted by molar-refractivity contribution is -0.149. The number of hydrogen-bond donors (Lipinski definition) is 0. The fraction of sp³-hybridized carbons (Fsp3) is 0.800. The summed E-state index contributed by atoms with van der Waals surface area (Å²) in [6, 6.07) is 0.453.